The van der Waals surface area contributed by atoms with E-state index in [1.807, 2.05) is 48.5 Å². The number of fused-ring (bicyclic) bond motifs is 1. The Labute approximate surface area is 174 Å². The van der Waals surface area contributed by atoms with Crippen LogP contribution in [-0.2, 0) is 0 Å². The van der Waals surface area contributed by atoms with Crippen molar-refractivity contribution in [2.24, 2.45) is 0 Å². The highest BCUT2D eigenvalue weighted by Gasteiger charge is 2.11. The number of hydrogen-bond donors (Lipinski definition) is 0. The van der Waals surface area contributed by atoms with Gasteiger partial charge in [0.25, 0.3) is 0 Å². The van der Waals surface area contributed by atoms with E-state index in [9.17, 15) is 0 Å². The molecule has 138 valence electrons. The molecule has 0 amide bonds. The van der Waals surface area contributed by atoms with Crippen LogP contribution in [0.4, 0.5) is 0 Å². The quantitative estimate of drug-likeness (QED) is 0.301. The third-order valence-corrected chi connectivity index (χ3v) is 5.21. The fourth-order valence-electron chi connectivity index (χ4n) is 3.57. The van der Waals surface area contributed by atoms with Gasteiger partial charge >= 0.3 is 0 Å². The molecule has 5 rings (SSSR count). The molecule has 3 heteroatoms. The lowest BCUT2D eigenvalue weighted by Gasteiger charge is -2.09. The van der Waals surface area contributed by atoms with Crippen molar-refractivity contribution in [3.8, 4) is 33.8 Å². The largest absolute Gasteiger partial charge is 0.228 e. The summed E-state index contributed by atoms with van der Waals surface area (Å²) in [5, 5.41) is 2.70. The highest BCUT2D eigenvalue weighted by Crippen LogP contribution is 2.30. The maximum atomic E-state index is 6.38. The molecule has 0 aliphatic rings. The van der Waals surface area contributed by atoms with Gasteiger partial charge in [0.05, 0.1) is 5.69 Å². The summed E-state index contributed by atoms with van der Waals surface area (Å²) in [7, 11) is 0. The first kappa shape index (κ1) is 17.6. The Morgan fingerprint density at radius 2 is 1.21 bits per heavy atom. The van der Waals surface area contributed by atoms with E-state index >= 15 is 0 Å². The molecular weight excluding hydrogens is 376 g/mol. The van der Waals surface area contributed by atoms with Gasteiger partial charge in [-0.15, -0.1) is 0 Å². The van der Waals surface area contributed by atoms with Crippen LogP contribution in [0, 0.1) is 0 Å². The lowest BCUT2D eigenvalue weighted by Crippen LogP contribution is -1.94. The topological polar surface area (TPSA) is 25.8 Å². The molecule has 0 unspecified atom stereocenters. The second-order valence-electron chi connectivity index (χ2n) is 6.87. The van der Waals surface area contributed by atoms with Crippen LogP contribution in [0.1, 0.15) is 0 Å². The van der Waals surface area contributed by atoms with Gasteiger partial charge in [-0.1, -0.05) is 109 Å². The van der Waals surface area contributed by atoms with Gasteiger partial charge in [-0.25, -0.2) is 9.97 Å². The van der Waals surface area contributed by atoms with Crippen LogP contribution in [0.15, 0.2) is 103 Å². The summed E-state index contributed by atoms with van der Waals surface area (Å²) in [6, 6.07) is 34.9. The van der Waals surface area contributed by atoms with Crippen LogP contribution < -0.4 is 0 Å². The van der Waals surface area contributed by atoms with E-state index in [0.29, 0.717) is 11.0 Å². The predicted molar refractivity (Wildman–Crippen MR) is 121 cm³/mol. The number of aromatic nitrogens is 2. The van der Waals surface area contributed by atoms with Crippen molar-refractivity contribution < 1.29 is 0 Å². The van der Waals surface area contributed by atoms with Crippen molar-refractivity contribution in [1.29, 1.82) is 0 Å². The number of halogens is 1. The molecule has 0 aliphatic heterocycles. The van der Waals surface area contributed by atoms with E-state index in [2.05, 4.69) is 59.6 Å². The summed E-state index contributed by atoms with van der Waals surface area (Å²) < 4.78 is 0. The Kier molecular flexibility index (Phi) is 4.55. The van der Waals surface area contributed by atoms with Gasteiger partial charge in [0.1, 0.15) is 5.15 Å². The maximum Gasteiger partial charge on any atom is 0.162 e. The van der Waals surface area contributed by atoms with Crippen molar-refractivity contribution >= 4 is 22.4 Å². The molecule has 0 spiro atoms. The fraction of sp³-hybridized carbons (Fsp3) is 0. The second kappa shape index (κ2) is 7.50. The lowest BCUT2D eigenvalue weighted by molar-refractivity contribution is 1.18. The SMILES string of the molecule is Clc1cc(-c2ccc(-c3ccccc3)cc2)nc(-c2cccc3ccccc23)n1. The fourth-order valence-corrected chi connectivity index (χ4v) is 3.75. The minimum absolute atomic E-state index is 0.435. The van der Waals surface area contributed by atoms with E-state index in [1.54, 1.807) is 0 Å². The maximum absolute atomic E-state index is 6.38. The smallest absolute Gasteiger partial charge is 0.162 e. The number of hydrogen-bond acceptors (Lipinski definition) is 2. The Morgan fingerprint density at radius 1 is 0.552 bits per heavy atom. The number of nitrogens with zero attached hydrogens (tertiary/aromatic N) is 2. The van der Waals surface area contributed by atoms with Gasteiger partial charge in [-0.3, -0.25) is 0 Å². The van der Waals surface area contributed by atoms with E-state index in [-0.39, 0.29) is 0 Å². The summed E-state index contributed by atoms with van der Waals surface area (Å²) in [6.07, 6.45) is 0. The van der Waals surface area contributed by atoms with Crippen LogP contribution in [0.2, 0.25) is 5.15 Å². The van der Waals surface area contributed by atoms with Gasteiger partial charge in [-0.2, -0.15) is 0 Å². The molecule has 5 aromatic rings. The van der Waals surface area contributed by atoms with Gasteiger partial charge in [0.15, 0.2) is 5.82 Å². The van der Waals surface area contributed by atoms with Crippen molar-refractivity contribution in [2.45, 2.75) is 0 Å². The number of benzene rings is 4. The van der Waals surface area contributed by atoms with Crippen molar-refractivity contribution in [3.05, 3.63) is 108 Å². The van der Waals surface area contributed by atoms with Crippen molar-refractivity contribution in [3.63, 3.8) is 0 Å². The normalized spacial score (nSPS) is 10.9. The van der Waals surface area contributed by atoms with E-state index < -0.39 is 0 Å². The molecule has 0 atom stereocenters. The van der Waals surface area contributed by atoms with Crippen molar-refractivity contribution in [1.82, 2.24) is 9.97 Å². The van der Waals surface area contributed by atoms with Crippen LogP contribution in [-0.4, -0.2) is 9.97 Å². The molecular formula is C26H17ClN2. The highest BCUT2D eigenvalue weighted by atomic mass is 35.5. The third-order valence-electron chi connectivity index (χ3n) is 5.01. The van der Waals surface area contributed by atoms with E-state index in [4.69, 9.17) is 16.6 Å². The first-order valence-corrected chi connectivity index (χ1v) is 9.84. The highest BCUT2D eigenvalue weighted by molar-refractivity contribution is 6.29. The molecule has 29 heavy (non-hydrogen) atoms. The molecule has 1 heterocycles. The van der Waals surface area contributed by atoms with Crippen LogP contribution >= 0.6 is 11.6 Å². The molecule has 0 aliphatic carbocycles. The summed E-state index contributed by atoms with van der Waals surface area (Å²) in [5.74, 6) is 0.636. The van der Waals surface area contributed by atoms with Gasteiger partial charge in [-0.05, 0) is 21.9 Å². The summed E-state index contributed by atoms with van der Waals surface area (Å²) in [5.41, 5.74) is 5.16. The van der Waals surface area contributed by atoms with E-state index in [1.165, 1.54) is 11.1 Å². The zero-order valence-electron chi connectivity index (χ0n) is 15.6. The molecule has 2 nitrogen and oxygen atoms in total. The zero-order valence-corrected chi connectivity index (χ0v) is 16.3. The minimum Gasteiger partial charge on any atom is -0.228 e. The van der Waals surface area contributed by atoms with Crippen LogP contribution in [0.3, 0.4) is 0 Å². The molecule has 4 aromatic carbocycles. The van der Waals surface area contributed by atoms with Gasteiger partial charge in [0, 0.05) is 17.2 Å². The first-order chi connectivity index (χ1) is 14.3. The van der Waals surface area contributed by atoms with E-state index in [0.717, 1.165) is 27.6 Å². The van der Waals surface area contributed by atoms with Crippen LogP contribution in [0.25, 0.3) is 44.5 Å². The molecule has 0 N–H and O–H groups in total. The predicted octanol–water partition coefficient (Wildman–Crippen LogP) is 7.28. The number of rotatable bonds is 3. The zero-order chi connectivity index (χ0) is 19.6. The molecule has 0 bridgehead atoms. The average molecular weight is 393 g/mol. The Hall–Kier alpha value is -3.49. The average Bonchev–Trinajstić information content (AvgIpc) is 2.79. The van der Waals surface area contributed by atoms with Crippen LogP contribution in [0.5, 0.6) is 0 Å². The Bertz CT molecular complexity index is 1290. The Balaban J connectivity index is 1.58. The first-order valence-electron chi connectivity index (χ1n) is 9.46. The molecule has 0 fully saturated rings. The minimum atomic E-state index is 0.435. The monoisotopic (exact) mass is 392 g/mol. The summed E-state index contributed by atoms with van der Waals surface area (Å²) >= 11 is 6.38. The van der Waals surface area contributed by atoms with Crippen molar-refractivity contribution in [2.75, 3.05) is 0 Å². The molecule has 0 radical (unpaired) electrons. The summed E-state index contributed by atoms with van der Waals surface area (Å²) in [6.45, 7) is 0. The standard InChI is InChI=1S/C26H17ClN2/c27-25-17-24(21-15-13-19(14-16-21)18-7-2-1-3-8-18)28-26(29-25)23-12-6-10-20-9-4-5-11-22(20)23/h1-17H. The Morgan fingerprint density at radius 3 is 2.03 bits per heavy atom. The second-order valence-corrected chi connectivity index (χ2v) is 7.26. The van der Waals surface area contributed by atoms with Gasteiger partial charge < -0.3 is 0 Å². The molecule has 0 saturated carbocycles. The molecule has 1 aromatic heterocycles. The lowest BCUT2D eigenvalue weighted by atomic mass is 10.0. The van der Waals surface area contributed by atoms with Gasteiger partial charge in [0.2, 0.25) is 0 Å². The third kappa shape index (κ3) is 3.51. The molecule has 0 saturated heterocycles. The summed E-state index contributed by atoms with van der Waals surface area (Å²) in [4.78, 5) is 9.33.